The molecule has 1 aromatic carbocycles. The Morgan fingerprint density at radius 3 is 3.05 bits per heavy atom. The highest BCUT2D eigenvalue weighted by molar-refractivity contribution is 5.48. The summed E-state index contributed by atoms with van der Waals surface area (Å²) in [5, 5.41) is 3.30. The van der Waals surface area contributed by atoms with Crippen LogP contribution in [0, 0.1) is 5.82 Å². The molecule has 0 saturated heterocycles. The van der Waals surface area contributed by atoms with Crippen LogP contribution in [-0.4, -0.2) is 18.1 Å². The predicted molar refractivity (Wildman–Crippen MR) is 75.4 cm³/mol. The summed E-state index contributed by atoms with van der Waals surface area (Å²) in [6.45, 7) is 3.41. The second-order valence-corrected chi connectivity index (χ2v) is 4.80. The van der Waals surface area contributed by atoms with Crippen molar-refractivity contribution in [2.75, 3.05) is 13.2 Å². The van der Waals surface area contributed by atoms with E-state index in [9.17, 15) is 4.39 Å². The number of rotatable bonds is 4. The molecule has 1 N–H and O–H groups in total. The molecule has 0 aliphatic carbocycles. The monoisotopic (exact) mass is 272 g/mol. The maximum Gasteiger partial charge on any atom is 0.146 e. The average molecular weight is 272 g/mol. The van der Waals surface area contributed by atoms with Crippen molar-refractivity contribution in [2.45, 2.75) is 19.4 Å². The molecule has 1 unspecified atom stereocenters. The van der Waals surface area contributed by atoms with Gasteiger partial charge in [-0.05, 0) is 24.2 Å². The Kier molecular flexibility index (Phi) is 3.65. The molecule has 0 saturated carbocycles. The topological polar surface area (TPSA) is 34.1 Å². The molecule has 1 aliphatic heterocycles. The van der Waals surface area contributed by atoms with E-state index >= 15 is 0 Å². The van der Waals surface area contributed by atoms with Crippen molar-refractivity contribution in [3.8, 4) is 5.75 Å². The molecule has 0 fully saturated rings. The third-order valence-corrected chi connectivity index (χ3v) is 3.52. The molecular formula is C16H17FN2O. The van der Waals surface area contributed by atoms with Gasteiger partial charge in [0.2, 0.25) is 0 Å². The van der Waals surface area contributed by atoms with Gasteiger partial charge in [-0.3, -0.25) is 4.98 Å². The molecule has 2 heterocycles. The van der Waals surface area contributed by atoms with Gasteiger partial charge >= 0.3 is 0 Å². The van der Waals surface area contributed by atoms with Gasteiger partial charge in [0, 0.05) is 18.2 Å². The van der Waals surface area contributed by atoms with Crippen molar-refractivity contribution >= 4 is 0 Å². The van der Waals surface area contributed by atoms with Gasteiger partial charge in [0.15, 0.2) is 0 Å². The Hall–Kier alpha value is -1.94. The van der Waals surface area contributed by atoms with Crippen molar-refractivity contribution < 1.29 is 9.13 Å². The first kappa shape index (κ1) is 13.1. The smallest absolute Gasteiger partial charge is 0.146 e. The fourth-order valence-electron chi connectivity index (χ4n) is 2.64. The number of pyridine rings is 1. The van der Waals surface area contributed by atoms with Crippen LogP contribution < -0.4 is 10.1 Å². The third kappa shape index (κ3) is 2.27. The minimum absolute atomic E-state index is 0.283. The first-order valence-electron chi connectivity index (χ1n) is 6.89. The van der Waals surface area contributed by atoms with Crippen LogP contribution in [0.3, 0.4) is 0 Å². The number of nitrogens with one attached hydrogen (secondary N) is 1. The van der Waals surface area contributed by atoms with Crippen LogP contribution in [-0.2, 0) is 6.42 Å². The van der Waals surface area contributed by atoms with E-state index in [0.29, 0.717) is 12.3 Å². The zero-order valence-corrected chi connectivity index (χ0v) is 11.4. The summed E-state index contributed by atoms with van der Waals surface area (Å²) < 4.78 is 19.8. The minimum atomic E-state index is -0.297. The summed E-state index contributed by atoms with van der Waals surface area (Å²) in [7, 11) is 0. The molecular weight excluding hydrogens is 255 g/mol. The lowest BCUT2D eigenvalue weighted by molar-refractivity contribution is 0.350. The van der Waals surface area contributed by atoms with Gasteiger partial charge in [-0.25, -0.2) is 4.39 Å². The lowest BCUT2D eigenvalue weighted by Gasteiger charge is -2.20. The zero-order valence-electron chi connectivity index (χ0n) is 11.4. The van der Waals surface area contributed by atoms with Crippen molar-refractivity contribution in [1.82, 2.24) is 10.3 Å². The largest absolute Gasteiger partial charge is 0.493 e. The fraction of sp³-hybridized carbons (Fsp3) is 0.312. The molecule has 0 amide bonds. The number of benzene rings is 1. The Morgan fingerprint density at radius 2 is 2.25 bits per heavy atom. The number of ether oxygens (including phenoxy) is 1. The molecule has 4 heteroatoms. The summed E-state index contributed by atoms with van der Waals surface area (Å²) in [6.07, 6.45) is 2.53. The van der Waals surface area contributed by atoms with E-state index in [0.717, 1.165) is 24.3 Å². The lowest BCUT2D eigenvalue weighted by Crippen LogP contribution is -2.24. The molecule has 0 radical (unpaired) electrons. The second-order valence-electron chi connectivity index (χ2n) is 4.80. The SMILES string of the molecule is CCNC(c1cccc2c1OCC2)c1ncccc1F. The summed E-state index contributed by atoms with van der Waals surface area (Å²) in [4.78, 5) is 4.21. The molecule has 20 heavy (non-hydrogen) atoms. The van der Waals surface area contributed by atoms with Crippen molar-refractivity contribution in [1.29, 1.82) is 0 Å². The van der Waals surface area contributed by atoms with Gasteiger partial charge < -0.3 is 10.1 Å². The Labute approximate surface area is 117 Å². The number of halogens is 1. The van der Waals surface area contributed by atoms with Crippen LogP contribution >= 0.6 is 0 Å². The predicted octanol–water partition coefficient (Wildman–Crippen LogP) is 2.85. The normalized spacial score (nSPS) is 14.7. The number of hydrogen-bond donors (Lipinski definition) is 1. The van der Waals surface area contributed by atoms with Gasteiger partial charge in [0.25, 0.3) is 0 Å². The fourth-order valence-corrected chi connectivity index (χ4v) is 2.64. The standard InChI is InChI=1S/C16H17FN2O/c1-2-18-14(15-13(17)7-4-9-19-15)12-6-3-5-11-8-10-20-16(11)12/h3-7,9,14,18H,2,8,10H2,1H3. The van der Waals surface area contributed by atoms with Gasteiger partial charge in [-0.1, -0.05) is 25.1 Å². The maximum atomic E-state index is 14.1. The van der Waals surface area contributed by atoms with E-state index in [1.165, 1.54) is 11.6 Å². The number of fused-ring (bicyclic) bond motifs is 1. The number of hydrogen-bond acceptors (Lipinski definition) is 3. The van der Waals surface area contributed by atoms with Gasteiger partial charge in [0.05, 0.1) is 18.3 Å². The zero-order chi connectivity index (χ0) is 13.9. The number of nitrogens with zero attached hydrogens (tertiary/aromatic N) is 1. The van der Waals surface area contributed by atoms with Gasteiger partial charge in [0.1, 0.15) is 11.6 Å². The van der Waals surface area contributed by atoms with Crippen LogP contribution in [0.2, 0.25) is 0 Å². The van der Waals surface area contributed by atoms with Gasteiger partial charge in [-0.2, -0.15) is 0 Å². The third-order valence-electron chi connectivity index (χ3n) is 3.52. The molecule has 1 atom stereocenters. The second kappa shape index (κ2) is 5.59. The average Bonchev–Trinajstić information content (AvgIpc) is 2.94. The number of aromatic nitrogens is 1. The Balaban J connectivity index is 2.08. The van der Waals surface area contributed by atoms with E-state index < -0.39 is 0 Å². The van der Waals surface area contributed by atoms with Crippen LogP contribution in [0.5, 0.6) is 5.75 Å². The van der Waals surface area contributed by atoms with Crippen LogP contribution in [0.15, 0.2) is 36.5 Å². The molecule has 1 aliphatic rings. The van der Waals surface area contributed by atoms with E-state index in [2.05, 4.69) is 16.4 Å². The summed E-state index contributed by atoms with van der Waals surface area (Å²) in [5.74, 6) is 0.581. The van der Waals surface area contributed by atoms with Crippen LogP contribution in [0.4, 0.5) is 4.39 Å². The van der Waals surface area contributed by atoms with E-state index in [4.69, 9.17) is 4.74 Å². The van der Waals surface area contributed by atoms with Crippen molar-refractivity contribution in [3.63, 3.8) is 0 Å². The minimum Gasteiger partial charge on any atom is -0.493 e. The van der Waals surface area contributed by atoms with Crippen LogP contribution in [0.25, 0.3) is 0 Å². The quantitative estimate of drug-likeness (QED) is 0.929. The highest BCUT2D eigenvalue weighted by atomic mass is 19.1. The molecule has 1 aromatic heterocycles. The Morgan fingerprint density at radius 1 is 1.35 bits per heavy atom. The highest BCUT2D eigenvalue weighted by Crippen LogP contribution is 2.36. The molecule has 2 aromatic rings. The summed E-state index contributed by atoms with van der Waals surface area (Å²) in [5.41, 5.74) is 2.56. The lowest BCUT2D eigenvalue weighted by atomic mass is 9.98. The molecule has 0 spiro atoms. The van der Waals surface area contributed by atoms with Crippen LogP contribution in [0.1, 0.15) is 29.8 Å². The van der Waals surface area contributed by atoms with Crippen molar-refractivity contribution in [2.24, 2.45) is 0 Å². The first-order chi connectivity index (χ1) is 9.81. The van der Waals surface area contributed by atoms with E-state index in [1.54, 1.807) is 12.3 Å². The first-order valence-corrected chi connectivity index (χ1v) is 6.89. The van der Waals surface area contributed by atoms with E-state index in [-0.39, 0.29) is 11.9 Å². The maximum absolute atomic E-state index is 14.1. The number of para-hydroxylation sites is 1. The molecule has 0 bridgehead atoms. The molecule has 3 nitrogen and oxygen atoms in total. The molecule has 3 rings (SSSR count). The van der Waals surface area contributed by atoms with Crippen molar-refractivity contribution in [3.05, 3.63) is 59.2 Å². The summed E-state index contributed by atoms with van der Waals surface area (Å²) >= 11 is 0. The highest BCUT2D eigenvalue weighted by Gasteiger charge is 2.25. The van der Waals surface area contributed by atoms with Gasteiger partial charge in [-0.15, -0.1) is 0 Å². The summed E-state index contributed by atoms with van der Waals surface area (Å²) in [6, 6.07) is 8.79. The van der Waals surface area contributed by atoms with E-state index in [1.807, 2.05) is 19.1 Å². The Bertz CT molecular complexity index is 615. The molecule has 104 valence electrons.